The maximum Gasteiger partial charge on any atom is 0.237 e. The summed E-state index contributed by atoms with van der Waals surface area (Å²) >= 11 is 3.39. The van der Waals surface area contributed by atoms with Gasteiger partial charge in [0.05, 0.1) is 12.1 Å². The van der Waals surface area contributed by atoms with Crippen molar-refractivity contribution in [3.05, 3.63) is 34.3 Å². The van der Waals surface area contributed by atoms with E-state index in [9.17, 15) is 4.79 Å². The summed E-state index contributed by atoms with van der Waals surface area (Å²) in [6.45, 7) is 7.83. The van der Waals surface area contributed by atoms with Crippen LogP contribution in [0.5, 0.6) is 0 Å². The molecule has 0 heterocycles. The molecule has 4 heteroatoms. The normalized spacial score (nSPS) is 15.0. The number of benzene rings is 1. The summed E-state index contributed by atoms with van der Waals surface area (Å²) in [4.78, 5) is 12.0. The van der Waals surface area contributed by atoms with Crippen molar-refractivity contribution in [2.75, 3.05) is 0 Å². The fraction of sp³-hybridized carbons (Fsp3) is 0.500. The van der Waals surface area contributed by atoms with Gasteiger partial charge in [-0.05, 0) is 30.0 Å². The molecule has 0 saturated carbocycles. The molecule has 0 aliphatic heterocycles. The van der Waals surface area contributed by atoms with Crippen molar-refractivity contribution in [1.29, 1.82) is 0 Å². The first-order valence-corrected chi connectivity index (χ1v) is 6.82. The number of hydrogen-bond donors (Lipinski definition) is 2. The van der Waals surface area contributed by atoms with Gasteiger partial charge in [-0.3, -0.25) is 4.79 Å². The maximum atomic E-state index is 12.0. The summed E-state index contributed by atoms with van der Waals surface area (Å²) in [6, 6.07) is 7.34. The molecule has 1 rings (SSSR count). The molecule has 1 unspecified atom stereocenters. The Morgan fingerprint density at radius 1 is 1.28 bits per heavy atom. The van der Waals surface area contributed by atoms with E-state index in [1.165, 1.54) is 0 Å². The van der Waals surface area contributed by atoms with Gasteiger partial charge in [-0.1, -0.05) is 48.8 Å². The molecule has 100 valence electrons. The Bertz CT molecular complexity index is 409. The summed E-state index contributed by atoms with van der Waals surface area (Å²) in [6.07, 6.45) is 0. The molecule has 0 fully saturated rings. The highest BCUT2D eigenvalue weighted by Gasteiger charge is 2.28. The molecule has 3 nitrogen and oxygen atoms in total. The minimum atomic E-state index is -0.504. The van der Waals surface area contributed by atoms with Crippen molar-refractivity contribution in [3.8, 4) is 0 Å². The van der Waals surface area contributed by atoms with Gasteiger partial charge in [0.1, 0.15) is 0 Å². The Kier molecular flexibility index (Phi) is 4.93. The molecule has 0 spiro atoms. The number of carbonyl (C=O) groups excluding carboxylic acids is 1. The Hall–Kier alpha value is -0.870. The Morgan fingerprint density at radius 2 is 1.78 bits per heavy atom. The van der Waals surface area contributed by atoms with E-state index in [4.69, 9.17) is 5.73 Å². The molecule has 2 atom stereocenters. The van der Waals surface area contributed by atoms with Gasteiger partial charge in [-0.2, -0.15) is 0 Å². The van der Waals surface area contributed by atoms with E-state index in [0.29, 0.717) is 0 Å². The number of halogens is 1. The minimum Gasteiger partial charge on any atom is -0.348 e. The van der Waals surface area contributed by atoms with Gasteiger partial charge in [0.25, 0.3) is 0 Å². The lowest BCUT2D eigenvalue weighted by Gasteiger charge is -2.27. The summed E-state index contributed by atoms with van der Waals surface area (Å²) in [5.74, 6) is -0.113. The zero-order chi connectivity index (χ0) is 13.9. The van der Waals surface area contributed by atoms with Crippen LogP contribution in [0.25, 0.3) is 0 Å². The molecule has 0 radical (unpaired) electrons. The van der Waals surface area contributed by atoms with E-state index in [1.807, 2.05) is 52.0 Å². The van der Waals surface area contributed by atoms with Crippen LogP contribution in [0.15, 0.2) is 28.7 Å². The number of carbonyl (C=O) groups is 1. The van der Waals surface area contributed by atoms with Crippen molar-refractivity contribution < 1.29 is 4.79 Å². The summed E-state index contributed by atoms with van der Waals surface area (Å²) in [5.41, 5.74) is 6.76. The monoisotopic (exact) mass is 312 g/mol. The number of amides is 1. The molecule has 0 aromatic heterocycles. The molecule has 1 amide bonds. The van der Waals surface area contributed by atoms with Crippen molar-refractivity contribution in [2.24, 2.45) is 11.1 Å². The van der Waals surface area contributed by atoms with Crippen molar-refractivity contribution in [1.82, 2.24) is 5.32 Å². The van der Waals surface area contributed by atoms with Crippen molar-refractivity contribution in [2.45, 2.75) is 39.8 Å². The zero-order valence-corrected chi connectivity index (χ0v) is 12.9. The molecule has 0 saturated heterocycles. The van der Waals surface area contributed by atoms with Gasteiger partial charge in [-0.25, -0.2) is 0 Å². The smallest absolute Gasteiger partial charge is 0.237 e. The predicted octanol–water partition coefficient (Wildman–Crippen LogP) is 3.00. The van der Waals surface area contributed by atoms with E-state index in [0.717, 1.165) is 10.0 Å². The number of nitrogens with two attached hydrogens (primary N) is 1. The zero-order valence-electron chi connectivity index (χ0n) is 11.3. The first-order chi connectivity index (χ1) is 8.21. The Morgan fingerprint density at radius 3 is 2.22 bits per heavy atom. The average Bonchev–Trinajstić information content (AvgIpc) is 2.27. The van der Waals surface area contributed by atoms with Crippen LogP contribution < -0.4 is 11.1 Å². The molecule has 0 aliphatic rings. The van der Waals surface area contributed by atoms with E-state index in [1.54, 1.807) is 0 Å². The lowest BCUT2D eigenvalue weighted by molar-refractivity contribution is -0.125. The van der Waals surface area contributed by atoms with E-state index in [2.05, 4.69) is 21.2 Å². The summed E-state index contributed by atoms with van der Waals surface area (Å²) < 4.78 is 1.02. The fourth-order valence-corrected chi connectivity index (χ4v) is 1.80. The highest BCUT2D eigenvalue weighted by atomic mass is 79.9. The molecule has 0 aliphatic carbocycles. The quantitative estimate of drug-likeness (QED) is 0.901. The van der Waals surface area contributed by atoms with Gasteiger partial charge < -0.3 is 11.1 Å². The SMILES string of the molecule is CC(NC(=O)[C@H](N)C(C)(C)C)c1ccc(Br)cc1. The molecule has 18 heavy (non-hydrogen) atoms. The third-order valence-corrected chi connectivity index (χ3v) is 3.47. The second kappa shape index (κ2) is 5.85. The first kappa shape index (κ1) is 15.2. The second-order valence-corrected chi connectivity index (χ2v) is 6.54. The van der Waals surface area contributed by atoms with Gasteiger partial charge in [0.15, 0.2) is 0 Å². The summed E-state index contributed by atoms with van der Waals surface area (Å²) in [5, 5.41) is 2.94. The minimum absolute atomic E-state index is 0.0426. The van der Waals surface area contributed by atoms with E-state index in [-0.39, 0.29) is 17.4 Å². The third kappa shape index (κ3) is 4.10. The van der Waals surface area contributed by atoms with Crippen LogP contribution in [-0.4, -0.2) is 11.9 Å². The van der Waals surface area contributed by atoms with Crippen LogP contribution in [0.1, 0.15) is 39.3 Å². The van der Waals surface area contributed by atoms with Gasteiger partial charge in [0, 0.05) is 4.47 Å². The predicted molar refractivity (Wildman–Crippen MR) is 78.1 cm³/mol. The van der Waals surface area contributed by atoms with Crippen LogP contribution >= 0.6 is 15.9 Å². The molecule has 1 aromatic carbocycles. The number of rotatable bonds is 3. The van der Waals surface area contributed by atoms with Gasteiger partial charge in [0.2, 0.25) is 5.91 Å². The highest BCUT2D eigenvalue weighted by Crippen LogP contribution is 2.20. The molecular formula is C14H21BrN2O. The van der Waals surface area contributed by atoms with E-state index < -0.39 is 6.04 Å². The molecule has 0 bridgehead atoms. The maximum absolute atomic E-state index is 12.0. The Balaban J connectivity index is 2.68. The molecular weight excluding hydrogens is 292 g/mol. The van der Waals surface area contributed by atoms with Crippen LogP contribution in [0.4, 0.5) is 0 Å². The van der Waals surface area contributed by atoms with Gasteiger partial charge >= 0.3 is 0 Å². The third-order valence-electron chi connectivity index (χ3n) is 2.94. The Labute approximate surface area is 117 Å². The molecule has 3 N–H and O–H groups in total. The summed E-state index contributed by atoms with van der Waals surface area (Å²) in [7, 11) is 0. The second-order valence-electron chi connectivity index (χ2n) is 5.63. The average molecular weight is 313 g/mol. The first-order valence-electron chi connectivity index (χ1n) is 6.03. The lowest BCUT2D eigenvalue weighted by atomic mass is 9.86. The van der Waals surface area contributed by atoms with Crippen molar-refractivity contribution in [3.63, 3.8) is 0 Å². The number of hydrogen-bond acceptors (Lipinski definition) is 2. The van der Waals surface area contributed by atoms with Crippen LogP contribution in [0.3, 0.4) is 0 Å². The topological polar surface area (TPSA) is 55.1 Å². The van der Waals surface area contributed by atoms with E-state index >= 15 is 0 Å². The standard InChI is InChI=1S/C14H21BrN2O/c1-9(10-5-7-11(15)8-6-10)17-13(18)12(16)14(2,3)4/h5-9,12H,16H2,1-4H3,(H,17,18)/t9?,12-/m0/s1. The van der Waals surface area contributed by atoms with Crippen LogP contribution in [0.2, 0.25) is 0 Å². The van der Waals surface area contributed by atoms with Crippen LogP contribution in [0, 0.1) is 5.41 Å². The van der Waals surface area contributed by atoms with Crippen molar-refractivity contribution >= 4 is 21.8 Å². The fourth-order valence-electron chi connectivity index (χ4n) is 1.53. The highest BCUT2D eigenvalue weighted by molar-refractivity contribution is 9.10. The largest absolute Gasteiger partial charge is 0.348 e. The van der Waals surface area contributed by atoms with Gasteiger partial charge in [-0.15, -0.1) is 0 Å². The molecule has 1 aromatic rings. The lowest BCUT2D eigenvalue weighted by Crippen LogP contribution is -2.49. The van der Waals surface area contributed by atoms with Crippen LogP contribution in [-0.2, 0) is 4.79 Å². The number of nitrogens with one attached hydrogen (secondary N) is 1.